The van der Waals surface area contributed by atoms with Crippen LogP contribution in [-0.4, -0.2) is 51.7 Å². The van der Waals surface area contributed by atoms with Crippen LogP contribution in [0.25, 0.3) is 5.70 Å². The lowest BCUT2D eigenvalue weighted by atomic mass is 9.97. The van der Waals surface area contributed by atoms with E-state index in [0.29, 0.717) is 5.02 Å². The Labute approximate surface area is 191 Å². The highest BCUT2D eigenvalue weighted by molar-refractivity contribution is 7.99. The number of rotatable bonds is 7. The molecule has 3 rings (SSSR count). The predicted octanol–water partition coefficient (Wildman–Crippen LogP) is 1.71. The predicted molar refractivity (Wildman–Crippen MR) is 114 cm³/mol. The number of hydrazine groups is 1. The van der Waals surface area contributed by atoms with Crippen molar-refractivity contribution in [2.45, 2.75) is 34.7 Å². The second-order valence-electron chi connectivity index (χ2n) is 6.93. The second-order valence-corrected chi connectivity index (χ2v) is 8.54. The molecule has 0 radical (unpaired) electrons. The van der Waals surface area contributed by atoms with Gasteiger partial charge < -0.3 is 30.8 Å². The monoisotopic (exact) mass is 491 g/mol. The summed E-state index contributed by atoms with van der Waals surface area (Å²) >= 11 is 7.03. The summed E-state index contributed by atoms with van der Waals surface area (Å²) in [6.45, 7) is -0.524. The van der Waals surface area contributed by atoms with Gasteiger partial charge in [-0.1, -0.05) is 23.4 Å². The normalized spacial score (nSPS) is 26.1. The molecule has 1 fully saturated rings. The molecule has 0 amide bonds. The summed E-state index contributed by atoms with van der Waals surface area (Å²) in [6, 6.07) is 7.18. The third-order valence-corrected chi connectivity index (χ3v) is 6.24. The number of benzene rings is 2. The maximum atomic E-state index is 13.6. The third kappa shape index (κ3) is 5.49. The van der Waals surface area contributed by atoms with Crippen molar-refractivity contribution >= 4 is 29.1 Å². The van der Waals surface area contributed by atoms with Crippen LogP contribution in [0, 0.1) is 17.5 Å². The van der Waals surface area contributed by atoms with Gasteiger partial charge in [0.1, 0.15) is 23.7 Å². The number of ether oxygens (including phenoxy) is 1. The summed E-state index contributed by atoms with van der Waals surface area (Å²) < 4.78 is 46.0. The van der Waals surface area contributed by atoms with E-state index in [0.717, 1.165) is 28.8 Å². The minimum Gasteiger partial charge on any atom is -0.394 e. The van der Waals surface area contributed by atoms with E-state index in [1.807, 2.05) is 0 Å². The van der Waals surface area contributed by atoms with Gasteiger partial charge in [-0.2, -0.15) is 0 Å². The van der Waals surface area contributed by atoms with Crippen molar-refractivity contribution in [1.29, 1.82) is 0 Å². The molecule has 0 bridgehead atoms. The Morgan fingerprint density at radius 2 is 1.75 bits per heavy atom. The molecule has 0 aromatic heterocycles. The molecule has 2 aromatic rings. The Morgan fingerprint density at radius 3 is 2.31 bits per heavy atom. The van der Waals surface area contributed by atoms with Crippen molar-refractivity contribution in [1.82, 2.24) is 10.7 Å². The molecule has 0 spiro atoms. The molecule has 2 aromatic carbocycles. The molecule has 12 heteroatoms. The fourth-order valence-electron chi connectivity index (χ4n) is 3.13. The maximum absolute atomic E-state index is 13.6. The van der Waals surface area contributed by atoms with Crippen LogP contribution in [0.4, 0.5) is 13.2 Å². The van der Waals surface area contributed by atoms with Crippen molar-refractivity contribution < 1.29 is 33.2 Å². The SMILES string of the molecule is NN/C(=C\NC1C(O)[C@@H](Sc2ccc(Cl)cc2)OC(CO)[C@@H]1O)c1cc(F)c(F)c(F)c1. The van der Waals surface area contributed by atoms with Crippen molar-refractivity contribution in [2.75, 3.05) is 6.61 Å². The maximum Gasteiger partial charge on any atom is 0.194 e. The first-order valence-corrected chi connectivity index (χ1v) is 10.6. The topological polar surface area (TPSA) is 120 Å². The Hall–Kier alpha value is -1.99. The summed E-state index contributed by atoms with van der Waals surface area (Å²) in [6.07, 6.45) is -2.46. The highest BCUT2D eigenvalue weighted by Crippen LogP contribution is 2.34. The Kier molecular flexibility index (Phi) is 8.28. The number of aliphatic hydroxyl groups excluding tert-OH is 3. The second kappa shape index (κ2) is 10.8. The van der Waals surface area contributed by atoms with Gasteiger partial charge in [0.25, 0.3) is 0 Å². The minimum atomic E-state index is -1.62. The van der Waals surface area contributed by atoms with Crippen molar-refractivity contribution in [3.05, 3.63) is 70.6 Å². The molecular formula is C20H21ClF3N3O4S. The number of halogens is 4. The lowest BCUT2D eigenvalue weighted by molar-refractivity contribution is -0.164. The quantitative estimate of drug-likeness (QED) is 0.197. The molecule has 32 heavy (non-hydrogen) atoms. The van der Waals surface area contributed by atoms with Crippen LogP contribution < -0.4 is 16.6 Å². The standard InChI is InChI=1S/C20H21ClF3N3O4S/c21-10-1-3-11(4-2-10)32-20-19(30)17(18(29)15(8-28)31-20)26-7-14(27-25)9-5-12(22)16(24)13(23)6-9/h1-7,15,17-20,26-30H,8,25H2/b14-7-/t15?,17?,18-,19?,20+/m0/s1. The third-order valence-electron chi connectivity index (χ3n) is 4.82. The molecule has 1 aliphatic rings. The number of nitrogens with two attached hydrogens (primary N) is 1. The number of aliphatic hydroxyl groups is 3. The van der Waals surface area contributed by atoms with Gasteiger partial charge in [-0.05, 0) is 36.4 Å². The largest absolute Gasteiger partial charge is 0.394 e. The van der Waals surface area contributed by atoms with E-state index in [9.17, 15) is 28.5 Å². The molecular weight excluding hydrogens is 471 g/mol. The van der Waals surface area contributed by atoms with E-state index in [-0.39, 0.29) is 11.3 Å². The molecule has 0 saturated carbocycles. The first-order chi connectivity index (χ1) is 15.2. The Morgan fingerprint density at radius 1 is 1.12 bits per heavy atom. The zero-order valence-corrected chi connectivity index (χ0v) is 18.0. The summed E-state index contributed by atoms with van der Waals surface area (Å²) in [4.78, 5) is 0.724. The van der Waals surface area contributed by atoms with Crippen molar-refractivity contribution in [3.63, 3.8) is 0 Å². The van der Waals surface area contributed by atoms with E-state index in [2.05, 4.69) is 10.7 Å². The zero-order valence-electron chi connectivity index (χ0n) is 16.4. The van der Waals surface area contributed by atoms with E-state index >= 15 is 0 Å². The number of thioether (sulfide) groups is 1. The minimum absolute atomic E-state index is 0.0452. The molecule has 174 valence electrons. The van der Waals surface area contributed by atoms with Gasteiger partial charge in [0.05, 0.1) is 18.3 Å². The van der Waals surface area contributed by atoms with Crippen LogP contribution in [0.3, 0.4) is 0 Å². The zero-order chi connectivity index (χ0) is 23.4. The molecule has 7 nitrogen and oxygen atoms in total. The van der Waals surface area contributed by atoms with E-state index in [1.165, 1.54) is 6.20 Å². The van der Waals surface area contributed by atoms with E-state index in [4.69, 9.17) is 22.2 Å². The van der Waals surface area contributed by atoms with Crippen molar-refractivity contribution in [2.24, 2.45) is 5.84 Å². The summed E-state index contributed by atoms with van der Waals surface area (Å²) in [7, 11) is 0. The van der Waals surface area contributed by atoms with E-state index < -0.39 is 53.8 Å². The smallest absolute Gasteiger partial charge is 0.194 e. The number of nitrogens with one attached hydrogen (secondary N) is 2. The van der Waals surface area contributed by atoms with Crippen LogP contribution in [0.1, 0.15) is 5.56 Å². The van der Waals surface area contributed by atoms with Crippen molar-refractivity contribution in [3.8, 4) is 0 Å². The van der Waals surface area contributed by atoms with Gasteiger partial charge in [0.2, 0.25) is 0 Å². The van der Waals surface area contributed by atoms with Crippen LogP contribution >= 0.6 is 23.4 Å². The van der Waals surface area contributed by atoms with Crippen LogP contribution in [0.15, 0.2) is 47.5 Å². The van der Waals surface area contributed by atoms with Gasteiger partial charge in [-0.25, -0.2) is 13.2 Å². The van der Waals surface area contributed by atoms with Crippen LogP contribution in [-0.2, 0) is 4.74 Å². The molecule has 5 atom stereocenters. The highest BCUT2D eigenvalue weighted by atomic mass is 35.5. The lowest BCUT2D eigenvalue weighted by Gasteiger charge is -2.42. The Balaban J connectivity index is 1.82. The summed E-state index contributed by atoms with van der Waals surface area (Å²) in [5.41, 5.74) is 1.19. The van der Waals surface area contributed by atoms with Gasteiger partial charge in [0, 0.05) is 21.7 Å². The number of hydrogen-bond acceptors (Lipinski definition) is 8. The molecule has 1 saturated heterocycles. The average Bonchev–Trinajstić information content (AvgIpc) is 2.77. The van der Waals surface area contributed by atoms with Gasteiger partial charge in [-0.3, -0.25) is 5.84 Å². The fraction of sp³-hybridized carbons (Fsp3) is 0.300. The first-order valence-electron chi connectivity index (χ1n) is 9.37. The molecule has 7 N–H and O–H groups in total. The fourth-order valence-corrected chi connectivity index (χ4v) is 4.32. The average molecular weight is 492 g/mol. The van der Waals surface area contributed by atoms with Gasteiger partial charge in [0.15, 0.2) is 17.5 Å². The van der Waals surface area contributed by atoms with Gasteiger partial charge >= 0.3 is 0 Å². The van der Waals surface area contributed by atoms with Gasteiger partial charge in [-0.15, -0.1) is 0 Å². The number of hydrogen-bond donors (Lipinski definition) is 6. The van der Waals surface area contributed by atoms with E-state index in [1.54, 1.807) is 24.3 Å². The summed E-state index contributed by atoms with van der Waals surface area (Å²) in [5.74, 6) is 0.977. The van der Waals surface area contributed by atoms with Crippen LogP contribution in [0.5, 0.6) is 0 Å². The molecule has 0 aliphatic carbocycles. The molecule has 1 heterocycles. The highest BCUT2D eigenvalue weighted by Gasteiger charge is 2.44. The first kappa shape index (κ1) is 24.6. The molecule has 3 unspecified atom stereocenters. The van der Waals surface area contributed by atoms with Crippen LogP contribution in [0.2, 0.25) is 5.02 Å². The Bertz CT molecular complexity index is 947. The molecule has 1 aliphatic heterocycles. The lowest BCUT2D eigenvalue weighted by Crippen LogP contribution is -2.62. The summed E-state index contributed by atoms with van der Waals surface area (Å²) in [5, 5.41) is 34.2.